The number of amides is 2. The molecule has 0 radical (unpaired) electrons. The monoisotopic (exact) mass is 545 g/mol. The summed E-state index contributed by atoms with van der Waals surface area (Å²) in [6.07, 6.45) is 1.86. The Kier molecular flexibility index (Phi) is 10.4. The third kappa shape index (κ3) is 7.81. The van der Waals surface area contributed by atoms with Crippen molar-refractivity contribution in [3.8, 4) is 0 Å². The first kappa shape index (κ1) is 28.9. The van der Waals surface area contributed by atoms with Crippen LogP contribution in [-0.4, -0.2) is 50.0 Å². The van der Waals surface area contributed by atoms with Crippen molar-refractivity contribution in [2.24, 2.45) is 0 Å². The molecule has 2 unspecified atom stereocenters. The number of hydrogen-bond acceptors (Lipinski definition) is 4. The molecule has 0 aliphatic heterocycles. The van der Waals surface area contributed by atoms with E-state index in [-0.39, 0.29) is 35.6 Å². The molecule has 2 aromatic rings. The number of anilines is 1. The zero-order valence-electron chi connectivity index (χ0n) is 20.1. The van der Waals surface area contributed by atoms with Gasteiger partial charge in [0.1, 0.15) is 18.4 Å². The quantitative estimate of drug-likeness (QED) is 0.446. The fourth-order valence-corrected chi connectivity index (χ4v) is 4.62. The van der Waals surface area contributed by atoms with Gasteiger partial charge in [-0.2, -0.15) is 0 Å². The second-order valence-electron chi connectivity index (χ2n) is 8.23. The summed E-state index contributed by atoms with van der Waals surface area (Å²) in [5.74, 6) is -1.83. The van der Waals surface area contributed by atoms with Crippen LogP contribution in [0.1, 0.15) is 39.2 Å². The molecule has 35 heavy (non-hydrogen) atoms. The fourth-order valence-electron chi connectivity index (χ4n) is 3.44. The average Bonchev–Trinajstić information content (AvgIpc) is 2.79. The molecule has 0 aliphatic carbocycles. The van der Waals surface area contributed by atoms with Crippen molar-refractivity contribution in [3.63, 3.8) is 0 Å². The van der Waals surface area contributed by atoms with Gasteiger partial charge in [0, 0.05) is 12.6 Å². The van der Waals surface area contributed by atoms with Crippen molar-refractivity contribution in [1.29, 1.82) is 0 Å². The van der Waals surface area contributed by atoms with Crippen LogP contribution < -0.4 is 9.62 Å². The minimum Gasteiger partial charge on any atom is -0.352 e. The molecule has 2 aromatic carbocycles. The Morgan fingerprint density at radius 3 is 2.26 bits per heavy atom. The van der Waals surface area contributed by atoms with Crippen LogP contribution in [0.25, 0.3) is 0 Å². The van der Waals surface area contributed by atoms with E-state index >= 15 is 0 Å². The van der Waals surface area contributed by atoms with E-state index in [1.54, 1.807) is 25.1 Å². The zero-order valence-corrected chi connectivity index (χ0v) is 22.4. The summed E-state index contributed by atoms with van der Waals surface area (Å²) in [6.45, 7) is 4.80. The van der Waals surface area contributed by atoms with Gasteiger partial charge in [-0.1, -0.05) is 55.2 Å². The van der Waals surface area contributed by atoms with E-state index in [2.05, 4.69) is 5.32 Å². The van der Waals surface area contributed by atoms with E-state index in [0.717, 1.165) is 12.3 Å². The fraction of sp³-hybridized carbons (Fsp3) is 0.417. The van der Waals surface area contributed by atoms with Crippen LogP contribution >= 0.6 is 23.2 Å². The maximum atomic E-state index is 14.5. The highest BCUT2D eigenvalue weighted by molar-refractivity contribution is 7.92. The molecule has 192 valence electrons. The molecule has 11 heteroatoms. The summed E-state index contributed by atoms with van der Waals surface area (Å²) < 4.78 is 40.2. The smallest absolute Gasteiger partial charge is 0.244 e. The first-order valence-corrected chi connectivity index (χ1v) is 13.7. The van der Waals surface area contributed by atoms with Crippen molar-refractivity contribution < 1.29 is 22.4 Å². The van der Waals surface area contributed by atoms with E-state index in [1.165, 1.54) is 23.1 Å². The number of hydrogen-bond donors (Lipinski definition) is 1. The summed E-state index contributed by atoms with van der Waals surface area (Å²) in [5.41, 5.74) is 0.342. The number of benzene rings is 2. The molecule has 0 aromatic heterocycles. The Morgan fingerprint density at radius 2 is 1.71 bits per heavy atom. The molecule has 2 amide bonds. The van der Waals surface area contributed by atoms with Gasteiger partial charge in [-0.05, 0) is 49.6 Å². The van der Waals surface area contributed by atoms with Gasteiger partial charge in [0.2, 0.25) is 21.8 Å². The van der Waals surface area contributed by atoms with E-state index in [4.69, 9.17) is 23.2 Å². The lowest BCUT2D eigenvalue weighted by Crippen LogP contribution is -2.53. The third-order valence-electron chi connectivity index (χ3n) is 5.52. The van der Waals surface area contributed by atoms with Crippen LogP contribution in [0.5, 0.6) is 0 Å². The van der Waals surface area contributed by atoms with Gasteiger partial charge in [0.15, 0.2) is 0 Å². The molecule has 0 spiro atoms. The van der Waals surface area contributed by atoms with Crippen LogP contribution in [0, 0.1) is 5.82 Å². The molecule has 0 saturated carbocycles. The first-order chi connectivity index (χ1) is 16.4. The van der Waals surface area contributed by atoms with Gasteiger partial charge in [0.05, 0.1) is 22.0 Å². The number of carbonyl (C=O) groups is 2. The highest BCUT2D eigenvalue weighted by Crippen LogP contribution is 2.25. The number of para-hydroxylation sites is 1. The Balaban J connectivity index is 2.48. The van der Waals surface area contributed by atoms with Crippen molar-refractivity contribution in [1.82, 2.24) is 10.2 Å². The summed E-state index contributed by atoms with van der Waals surface area (Å²) in [7, 11) is -4.02. The molecule has 0 aliphatic rings. The molecule has 2 rings (SSSR count). The number of nitrogens with zero attached hydrogens (tertiary/aromatic N) is 2. The van der Waals surface area contributed by atoms with Crippen molar-refractivity contribution in [2.75, 3.05) is 17.1 Å². The SMILES string of the molecule is CCC(C)NC(=O)C(CC)N(Cc1ccc(Cl)c(Cl)c1)C(=O)CN(c1ccccc1F)S(C)(=O)=O. The van der Waals surface area contributed by atoms with Gasteiger partial charge in [-0.15, -0.1) is 0 Å². The van der Waals surface area contributed by atoms with Gasteiger partial charge in [-0.3, -0.25) is 13.9 Å². The van der Waals surface area contributed by atoms with Crippen LogP contribution in [0.2, 0.25) is 10.0 Å². The predicted octanol–water partition coefficient (Wildman–Crippen LogP) is 4.62. The van der Waals surface area contributed by atoms with Gasteiger partial charge in [0.25, 0.3) is 0 Å². The zero-order chi connectivity index (χ0) is 26.3. The van der Waals surface area contributed by atoms with Crippen molar-refractivity contribution >= 4 is 50.7 Å². The predicted molar refractivity (Wildman–Crippen MR) is 138 cm³/mol. The second kappa shape index (κ2) is 12.6. The maximum Gasteiger partial charge on any atom is 0.244 e. The standard InChI is InChI=1S/C24H30Cl2FN3O4S/c1-5-16(3)28-24(32)21(6-2)29(14-17-11-12-18(25)19(26)13-17)23(31)15-30(35(4,33)34)22-10-8-7-9-20(22)27/h7-13,16,21H,5-6,14-15H2,1-4H3,(H,28,32). The minimum absolute atomic E-state index is 0.0307. The average molecular weight is 546 g/mol. The Labute approximate surface area is 216 Å². The Morgan fingerprint density at radius 1 is 1.06 bits per heavy atom. The molecule has 1 N–H and O–H groups in total. The number of carbonyl (C=O) groups excluding carboxylic acids is 2. The minimum atomic E-state index is -4.02. The lowest BCUT2D eigenvalue weighted by Gasteiger charge is -2.33. The van der Waals surface area contributed by atoms with Crippen LogP contribution in [0.4, 0.5) is 10.1 Å². The summed E-state index contributed by atoms with van der Waals surface area (Å²) in [6, 6.07) is 9.09. The highest BCUT2D eigenvalue weighted by atomic mass is 35.5. The second-order valence-corrected chi connectivity index (χ2v) is 11.0. The Hall–Kier alpha value is -2.36. The van der Waals surface area contributed by atoms with Gasteiger partial charge >= 0.3 is 0 Å². The highest BCUT2D eigenvalue weighted by Gasteiger charge is 2.32. The third-order valence-corrected chi connectivity index (χ3v) is 7.39. The number of halogens is 3. The van der Waals surface area contributed by atoms with Gasteiger partial charge in [-0.25, -0.2) is 12.8 Å². The normalized spacial score (nSPS) is 13.1. The van der Waals surface area contributed by atoms with E-state index in [1.807, 2.05) is 13.8 Å². The summed E-state index contributed by atoms with van der Waals surface area (Å²) in [5, 5.41) is 3.48. The van der Waals surface area contributed by atoms with Gasteiger partial charge < -0.3 is 10.2 Å². The van der Waals surface area contributed by atoms with Crippen LogP contribution in [0.15, 0.2) is 42.5 Å². The molecule has 0 heterocycles. The molecular formula is C24H30Cl2FN3O4S. The molecule has 0 bridgehead atoms. The maximum absolute atomic E-state index is 14.5. The molecular weight excluding hydrogens is 516 g/mol. The number of nitrogens with one attached hydrogen (secondary N) is 1. The van der Waals surface area contributed by atoms with Crippen LogP contribution in [-0.2, 0) is 26.2 Å². The Bertz CT molecular complexity index is 1160. The number of rotatable bonds is 11. The largest absolute Gasteiger partial charge is 0.352 e. The topological polar surface area (TPSA) is 86.8 Å². The van der Waals surface area contributed by atoms with Crippen LogP contribution in [0.3, 0.4) is 0 Å². The molecule has 2 atom stereocenters. The first-order valence-electron chi connectivity index (χ1n) is 11.1. The van der Waals surface area contributed by atoms with E-state index in [0.29, 0.717) is 21.3 Å². The summed E-state index contributed by atoms with van der Waals surface area (Å²) in [4.78, 5) is 27.9. The lowest BCUT2D eigenvalue weighted by atomic mass is 10.1. The van der Waals surface area contributed by atoms with Crippen molar-refractivity contribution in [2.45, 2.75) is 52.2 Å². The number of sulfonamides is 1. The molecule has 0 fully saturated rings. The molecule has 7 nitrogen and oxygen atoms in total. The van der Waals surface area contributed by atoms with E-state index < -0.39 is 34.3 Å². The lowest BCUT2D eigenvalue weighted by molar-refractivity contribution is -0.140. The van der Waals surface area contributed by atoms with E-state index in [9.17, 15) is 22.4 Å². The summed E-state index contributed by atoms with van der Waals surface area (Å²) >= 11 is 12.1. The van der Waals surface area contributed by atoms with Crippen molar-refractivity contribution in [3.05, 3.63) is 63.9 Å². The molecule has 0 saturated heterocycles.